The summed E-state index contributed by atoms with van der Waals surface area (Å²) in [5, 5.41) is 28.9. The average Bonchev–Trinajstić information content (AvgIpc) is 2.60. The molecule has 1 heterocycles. The molecule has 5 nitrogen and oxygen atoms in total. The third kappa shape index (κ3) is 3.03. The molecule has 0 saturated carbocycles. The van der Waals surface area contributed by atoms with Gasteiger partial charge in [0, 0.05) is 11.5 Å². The van der Waals surface area contributed by atoms with Crippen LogP contribution in [0.15, 0.2) is 48.5 Å². The van der Waals surface area contributed by atoms with E-state index in [1.54, 1.807) is 12.1 Å². The molecule has 3 rings (SSSR count). The third-order valence-corrected chi connectivity index (χ3v) is 3.84. The number of aromatic hydroxyl groups is 1. The molecule has 5 heteroatoms. The monoisotopic (exact) mass is 318 g/mol. The first-order valence-corrected chi connectivity index (χ1v) is 7.42. The third-order valence-electron chi connectivity index (χ3n) is 3.84. The van der Waals surface area contributed by atoms with Crippen molar-refractivity contribution in [3.8, 4) is 11.8 Å². The molecule has 24 heavy (non-hydrogen) atoms. The Kier molecular flexibility index (Phi) is 4.13. The van der Waals surface area contributed by atoms with Crippen LogP contribution in [0.2, 0.25) is 0 Å². The van der Waals surface area contributed by atoms with E-state index in [2.05, 4.69) is 4.98 Å². The number of carbonyl (C=O) groups is 1. The van der Waals surface area contributed by atoms with E-state index >= 15 is 0 Å². The van der Waals surface area contributed by atoms with Crippen LogP contribution < -0.4 is 0 Å². The molecule has 0 fully saturated rings. The van der Waals surface area contributed by atoms with Crippen molar-refractivity contribution in [3.05, 3.63) is 70.9 Å². The number of aromatic nitrogens is 1. The van der Waals surface area contributed by atoms with Crippen LogP contribution in [0.4, 0.5) is 0 Å². The minimum atomic E-state index is -1.25. The van der Waals surface area contributed by atoms with Gasteiger partial charge >= 0.3 is 5.97 Å². The number of carboxylic acids is 1. The Hall–Kier alpha value is -3.39. The van der Waals surface area contributed by atoms with Crippen LogP contribution in [0.25, 0.3) is 10.9 Å². The van der Waals surface area contributed by atoms with Gasteiger partial charge in [0.2, 0.25) is 0 Å². The van der Waals surface area contributed by atoms with E-state index < -0.39 is 5.97 Å². The highest BCUT2D eigenvalue weighted by Crippen LogP contribution is 2.28. The van der Waals surface area contributed by atoms with Crippen LogP contribution in [0.1, 0.15) is 27.2 Å². The summed E-state index contributed by atoms with van der Waals surface area (Å²) in [6.07, 6.45) is 1.51. The number of benzene rings is 2. The maximum absolute atomic E-state index is 11.1. The Labute approximate surface area is 138 Å². The molecule has 2 aromatic carbocycles. The van der Waals surface area contributed by atoms with Crippen LogP contribution >= 0.6 is 0 Å². The number of carboxylic acid groups (broad SMARTS) is 1. The normalized spacial score (nSPS) is 10.5. The van der Waals surface area contributed by atoms with Crippen molar-refractivity contribution in [2.45, 2.75) is 12.8 Å². The van der Waals surface area contributed by atoms with Gasteiger partial charge in [-0.25, -0.2) is 9.78 Å². The van der Waals surface area contributed by atoms with Crippen molar-refractivity contribution in [2.24, 2.45) is 0 Å². The molecule has 118 valence electrons. The van der Waals surface area contributed by atoms with Gasteiger partial charge in [0.25, 0.3) is 0 Å². The van der Waals surface area contributed by atoms with Crippen molar-refractivity contribution in [1.82, 2.24) is 4.98 Å². The minimum absolute atomic E-state index is 0.185. The van der Waals surface area contributed by atoms with Crippen molar-refractivity contribution in [3.63, 3.8) is 0 Å². The molecule has 1 aromatic heterocycles. The summed E-state index contributed by atoms with van der Waals surface area (Å²) in [5.74, 6) is -1.43. The molecule has 0 radical (unpaired) electrons. The maximum Gasteiger partial charge on any atom is 0.354 e. The molecule has 0 saturated heterocycles. The van der Waals surface area contributed by atoms with Gasteiger partial charge in [-0.05, 0) is 36.1 Å². The van der Waals surface area contributed by atoms with Crippen molar-refractivity contribution >= 4 is 16.9 Å². The number of hydrogen-bond acceptors (Lipinski definition) is 4. The number of rotatable bonds is 4. The van der Waals surface area contributed by atoms with Crippen LogP contribution in [0.3, 0.4) is 0 Å². The molecule has 0 bridgehead atoms. The van der Waals surface area contributed by atoms with Gasteiger partial charge in [0.15, 0.2) is 5.69 Å². The van der Waals surface area contributed by atoms with Gasteiger partial charge in [-0.1, -0.05) is 30.3 Å². The molecule has 0 aliphatic rings. The van der Waals surface area contributed by atoms with E-state index in [0.717, 1.165) is 18.1 Å². The summed E-state index contributed by atoms with van der Waals surface area (Å²) in [5.41, 5.74) is 2.25. The summed E-state index contributed by atoms with van der Waals surface area (Å²) >= 11 is 0. The first-order valence-electron chi connectivity index (χ1n) is 7.42. The van der Waals surface area contributed by atoms with Crippen molar-refractivity contribution < 1.29 is 15.0 Å². The lowest BCUT2D eigenvalue weighted by Crippen LogP contribution is -2.02. The van der Waals surface area contributed by atoms with Gasteiger partial charge in [-0.2, -0.15) is 5.26 Å². The minimum Gasteiger partial charge on any atom is -0.507 e. The van der Waals surface area contributed by atoms with Crippen molar-refractivity contribution in [1.29, 1.82) is 5.26 Å². The molecule has 0 aliphatic heterocycles. The number of hydrogen-bond donors (Lipinski definition) is 2. The molecule has 0 atom stereocenters. The highest BCUT2D eigenvalue weighted by molar-refractivity contribution is 5.95. The molecule has 3 aromatic rings. The van der Waals surface area contributed by atoms with Crippen LogP contribution in [-0.2, 0) is 12.8 Å². The maximum atomic E-state index is 11.1. The number of fused-ring (bicyclic) bond motifs is 1. The second-order valence-electron chi connectivity index (χ2n) is 5.47. The smallest absolute Gasteiger partial charge is 0.354 e. The summed E-state index contributed by atoms with van der Waals surface area (Å²) < 4.78 is 0. The predicted molar refractivity (Wildman–Crippen MR) is 88.9 cm³/mol. The fourth-order valence-corrected chi connectivity index (χ4v) is 2.64. The fourth-order valence-electron chi connectivity index (χ4n) is 2.64. The predicted octanol–water partition coefficient (Wildman–Crippen LogP) is 3.30. The lowest BCUT2D eigenvalue weighted by Gasteiger charge is -2.08. The number of aryl methyl sites for hydroxylation is 2. The fraction of sp³-hybridized carbons (Fsp3) is 0.105. The second kappa shape index (κ2) is 6.39. The summed E-state index contributed by atoms with van der Waals surface area (Å²) in [6.45, 7) is 0. The lowest BCUT2D eigenvalue weighted by atomic mass is 9.99. The van der Waals surface area contributed by atoms with E-state index in [9.17, 15) is 15.2 Å². The van der Waals surface area contributed by atoms with E-state index in [0.29, 0.717) is 11.8 Å². The van der Waals surface area contributed by atoms with E-state index in [4.69, 9.17) is 5.11 Å². The molecular weight excluding hydrogens is 304 g/mol. The number of nitriles is 1. The van der Waals surface area contributed by atoms with Gasteiger partial charge in [-0.15, -0.1) is 0 Å². The quantitative estimate of drug-likeness (QED) is 0.769. The highest BCUT2D eigenvalue weighted by Gasteiger charge is 2.14. The number of nitrogens with zero attached hydrogens (tertiary/aromatic N) is 2. The topological polar surface area (TPSA) is 94.2 Å². The Morgan fingerprint density at radius 1 is 1.08 bits per heavy atom. The SMILES string of the molecule is N#Cc1cc(CCc2ccccc2)cc2c(O)cc(C(=O)O)nc12. The van der Waals surface area contributed by atoms with E-state index in [-0.39, 0.29) is 22.5 Å². The zero-order valence-electron chi connectivity index (χ0n) is 12.7. The Morgan fingerprint density at radius 2 is 1.79 bits per heavy atom. The first kappa shape index (κ1) is 15.5. The van der Waals surface area contributed by atoms with Gasteiger partial charge in [-0.3, -0.25) is 0 Å². The van der Waals surface area contributed by atoms with Crippen LogP contribution in [-0.4, -0.2) is 21.2 Å². The van der Waals surface area contributed by atoms with Gasteiger partial charge in [0.1, 0.15) is 11.8 Å². The summed E-state index contributed by atoms with van der Waals surface area (Å²) in [7, 11) is 0. The standard InChI is InChI=1S/C19H14N2O3/c20-11-14-8-13(7-6-12-4-2-1-3-5-12)9-15-17(22)10-16(19(23)24)21-18(14)15/h1-5,8-10H,6-7H2,(H,21,22)(H,23,24). The van der Waals surface area contributed by atoms with E-state index in [1.807, 2.05) is 36.4 Å². The van der Waals surface area contributed by atoms with Crippen LogP contribution in [0.5, 0.6) is 5.75 Å². The Morgan fingerprint density at radius 3 is 2.46 bits per heavy atom. The van der Waals surface area contributed by atoms with Gasteiger partial charge in [0.05, 0.1) is 11.1 Å². The Bertz CT molecular complexity index is 960. The average molecular weight is 318 g/mol. The summed E-state index contributed by atoms with van der Waals surface area (Å²) in [6, 6.07) is 16.6. The highest BCUT2D eigenvalue weighted by atomic mass is 16.4. The van der Waals surface area contributed by atoms with Crippen molar-refractivity contribution in [2.75, 3.05) is 0 Å². The van der Waals surface area contributed by atoms with Crippen LogP contribution in [0, 0.1) is 11.3 Å². The second-order valence-corrected chi connectivity index (χ2v) is 5.47. The van der Waals surface area contributed by atoms with Gasteiger partial charge < -0.3 is 10.2 Å². The van der Waals surface area contributed by atoms with E-state index in [1.165, 1.54) is 5.56 Å². The Balaban J connectivity index is 2.02. The summed E-state index contributed by atoms with van der Waals surface area (Å²) in [4.78, 5) is 15.0. The lowest BCUT2D eigenvalue weighted by molar-refractivity contribution is 0.0690. The molecule has 0 spiro atoms. The largest absolute Gasteiger partial charge is 0.507 e. The first-order chi connectivity index (χ1) is 11.6. The molecule has 2 N–H and O–H groups in total. The molecule has 0 aliphatic carbocycles. The zero-order chi connectivity index (χ0) is 17.1. The number of pyridine rings is 1. The molecule has 0 unspecified atom stereocenters. The zero-order valence-corrected chi connectivity index (χ0v) is 12.7. The number of aromatic carboxylic acids is 1. The molecular formula is C19H14N2O3. The molecule has 0 amide bonds.